The summed E-state index contributed by atoms with van der Waals surface area (Å²) in [4.78, 5) is -0.855. The molecule has 0 fully saturated rings. The zero-order chi connectivity index (χ0) is 21.0. The van der Waals surface area contributed by atoms with Gasteiger partial charge in [-0.25, -0.2) is 26.5 Å². The number of halogens is 1. The van der Waals surface area contributed by atoms with Gasteiger partial charge in [-0.2, -0.15) is 0 Å². The van der Waals surface area contributed by atoms with Crippen LogP contribution in [-0.4, -0.2) is 17.2 Å². The number of hydrogen-bond acceptors (Lipinski definition) is 3. The van der Waals surface area contributed by atoms with Crippen LogP contribution in [0.5, 0.6) is 0 Å². The summed E-state index contributed by atoms with van der Waals surface area (Å²) in [6, 6.07) is 20.4. The Hall–Kier alpha value is -2.85. The van der Waals surface area contributed by atoms with E-state index in [9.17, 15) is 21.6 Å². The summed E-state index contributed by atoms with van der Waals surface area (Å²) in [5.41, 5.74) is 2.38. The van der Waals surface area contributed by atoms with E-state index in [0.717, 1.165) is 17.2 Å². The number of hydrogen-bond donors (Lipinski definition) is 2. The molecule has 0 aromatic heterocycles. The first-order valence-electron chi connectivity index (χ1n) is 8.32. The second-order valence-electron chi connectivity index (χ2n) is 5.99. The molecule has 3 N–H and O–H groups in total. The van der Waals surface area contributed by atoms with Gasteiger partial charge in [-0.05, 0) is 34.9 Å². The molecule has 3 rings (SSSR count). The van der Waals surface area contributed by atoms with E-state index in [1.807, 2.05) is 42.5 Å². The van der Waals surface area contributed by atoms with Gasteiger partial charge in [0.25, 0.3) is 11.3 Å². The van der Waals surface area contributed by atoms with Crippen LogP contribution < -0.4 is 9.44 Å². The van der Waals surface area contributed by atoms with Crippen molar-refractivity contribution in [1.29, 1.82) is 0 Å². The maximum absolute atomic E-state index is 14.0. The lowest BCUT2D eigenvalue weighted by Crippen LogP contribution is -2.24. The summed E-state index contributed by atoms with van der Waals surface area (Å²) in [6.45, 7) is 0. The highest BCUT2D eigenvalue weighted by Crippen LogP contribution is 2.28. The maximum Gasteiger partial charge on any atom is 0.266 e. The first-order valence-corrected chi connectivity index (χ1v) is 10.9. The molecule has 1 unspecified atom stereocenters. The molecule has 150 valence electrons. The quantitative estimate of drug-likeness (QED) is 0.579. The highest BCUT2D eigenvalue weighted by Gasteiger charge is 2.24. The molecule has 0 saturated heterocycles. The van der Waals surface area contributed by atoms with Crippen LogP contribution in [-0.2, 0) is 21.3 Å². The van der Waals surface area contributed by atoms with Gasteiger partial charge in [0.2, 0.25) is 10.0 Å². The Morgan fingerprint density at radius 1 is 0.931 bits per heavy atom. The summed E-state index contributed by atoms with van der Waals surface area (Å²) < 4.78 is 59.7. The molecule has 29 heavy (non-hydrogen) atoms. The molecule has 0 aliphatic carbocycles. The van der Waals surface area contributed by atoms with Crippen molar-refractivity contribution in [2.24, 2.45) is 5.14 Å². The van der Waals surface area contributed by atoms with Crippen molar-refractivity contribution in [3.63, 3.8) is 0 Å². The zero-order valence-electron chi connectivity index (χ0n) is 15.0. The summed E-state index contributed by atoms with van der Waals surface area (Å²) in [7, 11) is -4.46. The Bertz CT molecular complexity index is 1160. The van der Waals surface area contributed by atoms with Crippen molar-refractivity contribution in [1.82, 2.24) is 0 Å². The molecule has 6 nitrogen and oxygen atoms in total. The molecule has 0 saturated carbocycles. The van der Waals surface area contributed by atoms with E-state index in [1.54, 1.807) is 12.1 Å². The second-order valence-corrected chi connectivity index (χ2v) is 8.35. The van der Waals surface area contributed by atoms with Gasteiger partial charge in [0.15, 0.2) is 0 Å². The van der Waals surface area contributed by atoms with Crippen LogP contribution in [0, 0.1) is 5.82 Å². The minimum atomic E-state index is -4.46. The molecule has 0 aliphatic heterocycles. The number of rotatable bonds is 6. The van der Waals surface area contributed by atoms with Crippen LogP contribution in [0.25, 0.3) is 17.2 Å². The van der Waals surface area contributed by atoms with Crippen molar-refractivity contribution in [3.8, 4) is 11.1 Å². The van der Waals surface area contributed by atoms with E-state index in [4.69, 9.17) is 5.14 Å². The molecule has 3 aromatic rings. The first-order chi connectivity index (χ1) is 13.8. The van der Waals surface area contributed by atoms with E-state index in [2.05, 4.69) is 0 Å². The first kappa shape index (κ1) is 20.9. The van der Waals surface area contributed by atoms with E-state index >= 15 is 0 Å². The summed E-state index contributed by atoms with van der Waals surface area (Å²) in [5.74, 6) is -1.11. The largest absolute Gasteiger partial charge is 0.289 e. The van der Waals surface area contributed by atoms with Crippen LogP contribution in [0.15, 0.2) is 83.9 Å². The van der Waals surface area contributed by atoms with E-state index in [1.165, 1.54) is 24.4 Å². The van der Waals surface area contributed by atoms with Crippen LogP contribution in [0.2, 0.25) is 0 Å². The number of anilines is 1. The van der Waals surface area contributed by atoms with Gasteiger partial charge in [-0.3, -0.25) is 4.55 Å². The Morgan fingerprint density at radius 2 is 1.55 bits per heavy atom. The normalized spacial score (nSPS) is 12.8. The average Bonchev–Trinajstić information content (AvgIpc) is 2.68. The highest BCUT2D eigenvalue weighted by atomic mass is 32.2. The fourth-order valence-electron chi connectivity index (χ4n) is 2.74. The second kappa shape index (κ2) is 8.66. The third-order valence-electron chi connectivity index (χ3n) is 4.06. The van der Waals surface area contributed by atoms with E-state index in [0.29, 0.717) is 9.87 Å². The van der Waals surface area contributed by atoms with Crippen molar-refractivity contribution in [2.45, 2.75) is 4.90 Å². The third kappa shape index (κ3) is 4.96. The molecule has 0 heterocycles. The van der Waals surface area contributed by atoms with Gasteiger partial charge in [0.1, 0.15) is 10.7 Å². The van der Waals surface area contributed by atoms with Gasteiger partial charge in [-0.1, -0.05) is 60.7 Å². The van der Waals surface area contributed by atoms with Gasteiger partial charge in [-0.15, -0.1) is 0 Å². The fourth-order valence-corrected chi connectivity index (χ4v) is 4.08. The molecular formula is C20H17FN2O4S2. The van der Waals surface area contributed by atoms with Gasteiger partial charge in [0, 0.05) is 6.20 Å². The van der Waals surface area contributed by atoms with Crippen LogP contribution in [0.1, 0.15) is 5.56 Å². The third-order valence-corrected chi connectivity index (χ3v) is 5.68. The minimum absolute atomic E-state index is 0.342. The topological polar surface area (TPSA) is 101 Å². The highest BCUT2D eigenvalue weighted by molar-refractivity contribution is 7.89. The Morgan fingerprint density at radius 3 is 2.14 bits per heavy atom. The number of nitrogens with zero attached hydrogens (tertiary/aromatic N) is 1. The Balaban J connectivity index is 1.94. The SMILES string of the molecule is NS(=O)(=O)c1c(F)cccc1N(C=Cc1ccc(-c2ccccc2)cc1)S(=O)O. The molecule has 1 atom stereocenters. The van der Waals surface area contributed by atoms with Crippen LogP contribution in [0.4, 0.5) is 10.1 Å². The molecule has 9 heteroatoms. The predicted molar refractivity (Wildman–Crippen MR) is 112 cm³/mol. The lowest BCUT2D eigenvalue weighted by atomic mass is 10.0. The molecular weight excluding hydrogens is 415 g/mol. The predicted octanol–water partition coefficient (Wildman–Crippen LogP) is 3.75. The number of primary sulfonamides is 1. The minimum Gasteiger partial charge on any atom is -0.289 e. The van der Waals surface area contributed by atoms with Gasteiger partial charge < -0.3 is 0 Å². The maximum atomic E-state index is 14.0. The molecule has 0 aliphatic rings. The number of sulfonamides is 1. The molecule has 0 spiro atoms. The monoisotopic (exact) mass is 432 g/mol. The van der Waals surface area contributed by atoms with Gasteiger partial charge >= 0.3 is 0 Å². The van der Waals surface area contributed by atoms with Crippen molar-refractivity contribution >= 4 is 33.1 Å². The average molecular weight is 432 g/mol. The fraction of sp³-hybridized carbons (Fsp3) is 0. The van der Waals surface area contributed by atoms with Crippen molar-refractivity contribution in [2.75, 3.05) is 4.31 Å². The Labute approximate surface area is 170 Å². The Kier molecular flexibility index (Phi) is 6.23. The summed E-state index contributed by atoms with van der Waals surface area (Å²) >= 11 is -2.66. The molecule has 0 amide bonds. The van der Waals surface area contributed by atoms with Crippen LogP contribution >= 0.6 is 0 Å². The molecule has 0 radical (unpaired) electrons. The van der Waals surface area contributed by atoms with Crippen molar-refractivity contribution < 1.29 is 21.6 Å². The van der Waals surface area contributed by atoms with E-state index < -0.39 is 32.0 Å². The summed E-state index contributed by atoms with van der Waals surface area (Å²) in [5, 5.41) is 5.08. The summed E-state index contributed by atoms with van der Waals surface area (Å²) in [6.07, 6.45) is 2.69. The lowest BCUT2D eigenvalue weighted by Gasteiger charge is -2.18. The van der Waals surface area contributed by atoms with E-state index in [-0.39, 0.29) is 5.69 Å². The van der Waals surface area contributed by atoms with Gasteiger partial charge in [0.05, 0.1) is 5.69 Å². The molecule has 3 aromatic carbocycles. The number of benzene rings is 3. The van der Waals surface area contributed by atoms with Crippen LogP contribution in [0.3, 0.4) is 0 Å². The smallest absolute Gasteiger partial charge is 0.266 e. The zero-order valence-corrected chi connectivity index (χ0v) is 16.6. The standard InChI is InChI=1S/C20H17FN2O4S2/c21-18-7-4-8-19(20(18)29(22,26)27)23(28(24)25)14-13-15-9-11-17(12-10-15)16-5-2-1-3-6-16/h1-14H,(H,24,25)(H2,22,26,27). The lowest BCUT2D eigenvalue weighted by molar-refractivity contribution is 0.561. The van der Waals surface area contributed by atoms with Crippen molar-refractivity contribution in [3.05, 3.63) is 90.4 Å². The molecule has 0 bridgehead atoms. The number of nitrogens with two attached hydrogens (primary N) is 1.